The second-order valence-electron chi connectivity index (χ2n) is 6.88. The second-order valence-corrected chi connectivity index (χ2v) is 9.33. The van der Waals surface area contributed by atoms with Crippen molar-refractivity contribution in [2.24, 2.45) is 0 Å². The van der Waals surface area contributed by atoms with Gasteiger partial charge in [-0.15, -0.1) is 0 Å². The highest BCUT2D eigenvalue weighted by molar-refractivity contribution is 7.89. The van der Waals surface area contributed by atoms with Crippen LogP contribution in [0.1, 0.15) is 18.4 Å². The van der Waals surface area contributed by atoms with Gasteiger partial charge < -0.3 is 15.4 Å². The normalized spacial score (nSPS) is 13.9. The van der Waals surface area contributed by atoms with Crippen LogP contribution in [0.5, 0.6) is 5.75 Å². The predicted octanol–water partition coefficient (Wildman–Crippen LogP) is 2.88. The Morgan fingerprint density at radius 1 is 1.23 bits per heavy atom. The SMILES string of the molecule is COc1ccc(NC(=O)CN(C)S(=O)(=O)c2ccc3c(c2)CCCC(=O)N3)cc1Cl. The number of benzene rings is 2. The number of aryl methyl sites for hydroxylation is 1. The van der Waals surface area contributed by atoms with E-state index in [0.29, 0.717) is 41.4 Å². The van der Waals surface area contributed by atoms with E-state index in [9.17, 15) is 18.0 Å². The van der Waals surface area contributed by atoms with Crippen molar-refractivity contribution >= 4 is 44.8 Å². The number of sulfonamides is 1. The fourth-order valence-corrected chi connectivity index (χ4v) is 4.56. The van der Waals surface area contributed by atoms with E-state index in [4.69, 9.17) is 16.3 Å². The summed E-state index contributed by atoms with van der Waals surface area (Å²) in [5.74, 6) is -0.130. The Morgan fingerprint density at radius 2 is 2.00 bits per heavy atom. The number of carbonyl (C=O) groups excluding carboxylic acids is 2. The van der Waals surface area contributed by atoms with E-state index in [0.717, 1.165) is 9.87 Å². The van der Waals surface area contributed by atoms with Crippen molar-refractivity contribution < 1.29 is 22.7 Å². The van der Waals surface area contributed by atoms with Crippen molar-refractivity contribution in [3.05, 3.63) is 47.0 Å². The van der Waals surface area contributed by atoms with Gasteiger partial charge in [0.25, 0.3) is 0 Å². The highest BCUT2D eigenvalue weighted by atomic mass is 35.5. The quantitative estimate of drug-likeness (QED) is 0.702. The number of likely N-dealkylation sites (N-methyl/N-ethyl adjacent to an activating group) is 1. The van der Waals surface area contributed by atoms with Crippen LogP contribution < -0.4 is 15.4 Å². The van der Waals surface area contributed by atoms with Crippen LogP contribution in [0.2, 0.25) is 5.02 Å². The molecule has 0 bridgehead atoms. The first-order valence-electron chi connectivity index (χ1n) is 9.23. The van der Waals surface area contributed by atoms with Gasteiger partial charge in [-0.1, -0.05) is 11.6 Å². The molecule has 1 heterocycles. The molecule has 0 saturated heterocycles. The Morgan fingerprint density at radius 3 is 2.70 bits per heavy atom. The third kappa shape index (κ3) is 4.92. The third-order valence-corrected chi connectivity index (χ3v) is 6.81. The van der Waals surface area contributed by atoms with Crippen LogP contribution in [-0.2, 0) is 26.0 Å². The molecular formula is C20H22ClN3O5S. The summed E-state index contributed by atoms with van der Waals surface area (Å²) in [5, 5.41) is 5.72. The van der Waals surface area contributed by atoms with Crippen molar-refractivity contribution in [1.29, 1.82) is 0 Å². The molecule has 3 rings (SSSR count). The van der Waals surface area contributed by atoms with Crippen LogP contribution in [0, 0.1) is 0 Å². The molecule has 0 unspecified atom stereocenters. The number of nitrogens with zero attached hydrogens (tertiary/aromatic N) is 1. The molecule has 30 heavy (non-hydrogen) atoms. The van der Waals surface area contributed by atoms with Gasteiger partial charge >= 0.3 is 0 Å². The molecule has 1 aliphatic rings. The molecule has 0 saturated carbocycles. The van der Waals surface area contributed by atoms with Crippen molar-refractivity contribution in [1.82, 2.24) is 4.31 Å². The summed E-state index contributed by atoms with van der Waals surface area (Å²) in [4.78, 5) is 24.1. The molecule has 0 aromatic heterocycles. The smallest absolute Gasteiger partial charge is 0.243 e. The number of fused-ring (bicyclic) bond motifs is 1. The van der Waals surface area contributed by atoms with Crippen molar-refractivity contribution in [3.8, 4) is 5.75 Å². The van der Waals surface area contributed by atoms with Crippen LogP contribution in [0.25, 0.3) is 0 Å². The zero-order valence-corrected chi connectivity index (χ0v) is 18.1. The lowest BCUT2D eigenvalue weighted by Gasteiger charge is -2.18. The van der Waals surface area contributed by atoms with Gasteiger partial charge in [-0.2, -0.15) is 4.31 Å². The Labute approximate surface area is 180 Å². The summed E-state index contributed by atoms with van der Waals surface area (Å²) in [6.07, 6.45) is 1.64. The average molecular weight is 452 g/mol. The van der Waals surface area contributed by atoms with Gasteiger partial charge in [-0.05, 0) is 54.8 Å². The summed E-state index contributed by atoms with van der Waals surface area (Å²) >= 11 is 6.04. The number of hydrogen-bond acceptors (Lipinski definition) is 5. The Kier molecular flexibility index (Phi) is 6.64. The summed E-state index contributed by atoms with van der Waals surface area (Å²) in [7, 11) is -1.07. The minimum atomic E-state index is -3.89. The zero-order chi connectivity index (χ0) is 21.9. The lowest BCUT2D eigenvalue weighted by molar-refractivity contribution is -0.117. The van der Waals surface area contributed by atoms with Gasteiger partial charge in [0, 0.05) is 24.8 Å². The molecule has 160 valence electrons. The summed E-state index contributed by atoms with van der Waals surface area (Å²) in [6, 6.07) is 9.29. The fraction of sp³-hybridized carbons (Fsp3) is 0.300. The first-order valence-corrected chi connectivity index (χ1v) is 11.0. The molecule has 0 fully saturated rings. The first kappa shape index (κ1) is 22.1. The molecule has 0 aliphatic carbocycles. The zero-order valence-electron chi connectivity index (χ0n) is 16.6. The Balaban J connectivity index is 1.72. The molecule has 0 radical (unpaired) electrons. The molecule has 8 nitrogen and oxygen atoms in total. The van der Waals surface area contributed by atoms with E-state index in [-0.39, 0.29) is 17.3 Å². The summed E-state index contributed by atoms with van der Waals surface area (Å²) < 4.78 is 31.9. The van der Waals surface area contributed by atoms with Gasteiger partial charge in [0.15, 0.2) is 0 Å². The maximum absolute atomic E-state index is 12.9. The Hall–Kier alpha value is -2.62. The molecule has 2 aromatic rings. The van der Waals surface area contributed by atoms with Gasteiger partial charge in [0.05, 0.1) is 23.6 Å². The largest absolute Gasteiger partial charge is 0.495 e. The van der Waals surface area contributed by atoms with Crippen molar-refractivity contribution in [2.75, 3.05) is 31.3 Å². The van der Waals surface area contributed by atoms with Crippen LogP contribution in [0.3, 0.4) is 0 Å². The number of amides is 2. The number of rotatable bonds is 6. The van der Waals surface area contributed by atoms with E-state index in [1.165, 1.54) is 26.3 Å². The van der Waals surface area contributed by atoms with Gasteiger partial charge in [0.2, 0.25) is 21.8 Å². The minimum absolute atomic E-state index is 0.0696. The summed E-state index contributed by atoms with van der Waals surface area (Å²) in [5.41, 5.74) is 1.80. The maximum Gasteiger partial charge on any atom is 0.243 e. The highest BCUT2D eigenvalue weighted by Crippen LogP contribution is 2.28. The third-order valence-electron chi connectivity index (χ3n) is 4.71. The lowest BCUT2D eigenvalue weighted by atomic mass is 10.1. The maximum atomic E-state index is 12.9. The number of anilines is 2. The van der Waals surface area contributed by atoms with E-state index in [2.05, 4.69) is 10.6 Å². The van der Waals surface area contributed by atoms with Gasteiger partial charge in [0.1, 0.15) is 5.75 Å². The lowest BCUT2D eigenvalue weighted by Crippen LogP contribution is -2.35. The number of ether oxygens (including phenoxy) is 1. The molecule has 2 amide bonds. The first-order chi connectivity index (χ1) is 14.2. The molecule has 2 N–H and O–H groups in total. The van der Waals surface area contributed by atoms with E-state index < -0.39 is 15.9 Å². The molecular weight excluding hydrogens is 430 g/mol. The summed E-state index contributed by atoms with van der Waals surface area (Å²) in [6.45, 7) is -0.375. The minimum Gasteiger partial charge on any atom is -0.495 e. The predicted molar refractivity (Wildman–Crippen MR) is 114 cm³/mol. The number of nitrogens with one attached hydrogen (secondary N) is 2. The number of carbonyl (C=O) groups is 2. The molecule has 10 heteroatoms. The second kappa shape index (κ2) is 9.03. The molecule has 2 aromatic carbocycles. The van der Waals surface area contributed by atoms with Gasteiger partial charge in [-0.25, -0.2) is 8.42 Å². The number of halogens is 1. The fourth-order valence-electron chi connectivity index (χ4n) is 3.12. The van der Waals surface area contributed by atoms with Crippen LogP contribution in [-0.4, -0.2) is 45.2 Å². The molecule has 0 spiro atoms. The van der Waals surface area contributed by atoms with Crippen LogP contribution in [0.15, 0.2) is 41.3 Å². The number of hydrogen-bond donors (Lipinski definition) is 2. The average Bonchev–Trinajstić information content (AvgIpc) is 2.87. The molecule has 0 atom stereocenters. The number of methoxy groups -OCH3 is 1. The van der Waals surface area contributed by atoms with Crippen molar-refractivity contribution in [3.63, 3.8) is 0 Å². The monoisotopic (exact) mass is 451 g/mol. The van der Waals surface area contributed by atoms with Crippen LogP contribution in [0.4, 0.5) is 11.4 Å². The van der Waals surface area contributed by atoms with E-state index >= 15 is 0 Å². The Bertz CT molecular complexity index is 1090. The van der Waals surface area contributed by atoms with E-state index in [1.54, 1.807) is 24.3 Å². The standard InChI is InChI=1S/C20H22ClN3O5S/c1-24(12-20(26)22-14-6-9-18(29-2)16(21)11-14)30(27,28)15-7-8-17-13(10-15)4-3-5-19(25)23-17/h6-11H,3-5,12H2,1-2H3,(H,22,26)(H,23,25). The van der Waals surface area contributed by atoms with E-state index in [1.807, 2.05) is 0 Å². The van der Waals surface area contributed by atoms with Crippen molar-refractivity contribution in [2.45, 2.75) is 24.2 Å². The highest BCUT2D eigenvalue weighted by Gasteiger charge is 2.25. The van der Waals surface area contributed by atoms with Crippen LogP contribution >= 0.6 is 11.6 Å². The topological polar surface area (TPSA) is 105 Å². The molecule has 1 aliphatic heterocycles. The van der Waals surface area contributed by atoms with Gasteiger partial charge in [-0.3, -0.25) is 9.59 Å².